The van der Waals surface area contributed by atoms with Gasteiger partial charge in [-0.25, -0.2) is 8.78 Å². The van der Waals surface area contributed by atoms with Gasteiger partial charge in [-0.15, -0.1) is 0 Å². The van der Waals surface area contributed by atoms with Crippen molar-refractivity contribution in [3.05, 3.63) is 53.9 Å². The average Bonchev–Trinajstić information content (AvgIpc) is 2.41. The molecule has 1 aromatic heterocycles. The number of nitrogens with zero attached hydrogens (tertiary/aromatic N) is 1. The number of halogens is 2. The number of hydrogen-bond donors (Lipinski definition) is 2. The molecule has 4 nitrogen and oxygen atoms in total. The monoisotopic (exact) mass is 265 g/mol. The maximum absolute atomic E-state index is 13.4. The van der Waals surface area contributed by atoms with Crippen LogP contribution in [0.2, 0.25) is 0 Å². The third kappa shape index (κ3) is 3.27. The van der Waals surface area contributed by atoms with Crippen molar-refractivity contribution in [2.45, 2.75) is 6.61 Å². The van der Waals surface area contributed by atoms with E-state index in [0.717, 1.165) is 6.07 Å². The predicted octanol–water partition coefficient (Wildman–Crippen LogP) is 0.619. The van der Waals surface area contributed by atoms with E-state index in [0.29, 0.717) is 0 Å². The Bertz CT molecular complexity index is 581. The lowest BCUT2D eigenvalue weighted by atomic mass is 9.82. The van der Waals surface area contributed by atoms with Crippen LogP contribution in [0.15, 0.2) is 36.7 Å². The van der Waals surface area contributed by atoms with E-state index < -0.39 is 18.8 Å². The standard InChI is InChI=1S/C12H10BF2NO3/c14-11-3-1-2-8(12(11)15)7-19-10-4-9(13(17)18)5-16-6-10/h1-6,17-18H,7H2. The summed E-state index contributed by atoms with van der Waals surface area (Å²) in [6, 6.07) is 5.15. The highest BCUT2D eigenvalue weighted by molar-refractivity contribution is 6.58. The number of hydrogen-bond acceptors (Lipinski definition) is 4. The van der Waals surface area contributed by atoms with E-state index in [9.17, 15) is 8.78 Å². The number of rotatable bonds is 4. The molecule has 0 aliphatic rings. The largest absolute Gasteiger partial charge is 0.490 e. The van der Waals surface area contributed by atoms with Crippen LogP contribution < -0.4 is 10.2 Å². The van der Waals surface area contributed by atoms with Crippen molar-refractivity contribution >= 4 is 12.6 Å². The van der Waals surface area contributed by atoms with Crippen LogP contribution in [0.1, 0.15) is 5.56 Å². The summed E-state index contributed by atoms with van der Waals surface area (Å²) in [7, 11) is -1.66. The minimum absolute atomic E-state index is 0.0648. The molecule has 0 radical (unpaired) electrons. The van der Waals surface area contributed by atoms with Crippen molar-refractivity contribution in [3.63, 3.8) is 0 Å². The summed E-state index contributed by atoms with van der Waals surface area (Å²) >= 11 is 0. The van der Waals surface area contributed by atoms with Crippen LogP contribution in [0.3, 0.4) is 0 Å². The van der Waals surface area contributed by atoms with Gasteiger partial charge in [-0.3, -0.25) is 4.98 Å². The summed E-state index contributed by atoms with van der Waals surface area (Å²) < 4.78 is 31.6. The maximum atomic E-state index is 13.4. The second-order valence-corrected chi connectivity index (χ2v) is 3.83. The third-order valence-corrected chi connectivity index (χ3v) is 2.46. The van der Waals surface area contributed by atoms with Crippen LogP contribution in [0.4, 0.5) is 8.78 Å². The molecule has 0 spiro atoms. The minimum atomic E-state index is -1.66. The van der Waals surface area contributed by atoms with Crippen molar-refractivity contribution < 1.29 is 23.6 Å². The molecule has 0 aliphatic heterocycles. The van der Waals surface area contributed by atoms with Gasteiger partial charge in [0.1, 0.15) is 12.4 Å². The Morgan fingerprint density at radius 1 is 1.21 bits per heavy atom. The second-order valence-electron chi connectivity index (χ2n) is 3.83. The lowest BCUT2D eigenvalue weighted by Crippen LogP contribution is -2.30. The first-order chi connectivity index (χ1) is 9.08. The van der Waals surface area contributed by atoms with E-state index in [1.165, 1.54) is 30.6 Å². The molecule has 0 aliphatic carbocycles. The Balaban J connectivity index is 2.10. The van der Waals surface area contributed by atoms with E-state index in [-0.39, 0.29) is 23.4 Å². The Morgan fingerprint density at radius 3 is 2.74 bits per heavy atom. The molecule has 2 N–H and O–H groups in total. The molecule has 7 heteroatoms. The Hall–Kier alpha value is -1.99. The molecule has 0 atom stereocenters. The zero-order valence-corrected chi connectivity index (χ0v) is 9.75. The molecule has 0 saturated heterocycles. The second kappa shape index (κ2) is 5.77. The molecule has 0 unspecified atom stereocenters. The smallest absolute Gasteiger partial charge is 0.487 e. The quantitative estimate of drug-likeness (QED) is 0.795. The summed E-state index contributed by atoms with van der Waals surface area (Å²) in [6.45, 7) is -0.184. The molecule has 2 aromatic rings. The molecule has 0 bridgehead atoms. The van der Waals surface area contributed by atoms with E-state index in [1.807, 2.05) is 0 Å². The topological polar surface area (TPSA) is 62.6 Å². The minimum Gasteiger partial charge on any atom is -0.487 e. The average molecular weight is 265 g/mol. The molecule has 0 saturated carbocycles. The summed E-state index contributed by atoms with van der Waals surface area (Å²) in [5.74, 6) is -1.68. The van der Waals surface area contributed by atoms with Gasteiger partial charge in [0.25, 0.3) is 0 Å². The predicted molar refractivity (Wildman–Crippen MR) is 64.8 cm³/mol. The van der Waals surface area contributed by atoms with Crippen LogP contribution in [-0.2, 0) is 6.61 Å². The van der Waals surface area contributed by atoms with Crippen molar-refractivity contribution in [1.82, 2.24) is 4.98 Å². The van der Waals surface area contributed by atoms with Gasteiger partial charge < -0.3 is 14.8 Å². The molecule has 19 heavy (non-hydrogen) atoms. The first kappa shape index (κ1) is 13.4. The van der Waals surface area contributed by atoms with Gasteiger partial charge in [0.2, 0.25) is 0 Å². The van der Waals surface area contributed by atoms with E-state index >= 15 is 0 Å². The highest BCUT2D eigenvalue weighted by Gasteiger charge is 2.13. The number of benzene rings is 1. The van der Waals surface area contributed by atoms with Gasteiger partial charge in [-0.05, 0) is 12.1 Å². The third-order valence-electron chi connectivity index (χ3n) is 2.46. The molecular formula is C12H10BF2NO3. The first-order valence-electron chi connectivity index (χ1n) is 5.44. The zero-order chi connectivity index (χ0) is 13.8. The molecular weight excluding hydrogens is 255 g/mol. The SMILES string of the molecule is OB(O)c1cncc(OCc2cccc(F)c2F)c1. The molecule has 0 fully saturated rings. The van der Waals surface area contributed by atoms with Crippen molar-refractivity contribution in [2.75, 3.05) is 0 Å². The van der Waals surface area contributed by atoms with Gasteiger partial charge in [-0.2, -0.15) is 0 Å². The van der Waals surface area contributed by atoms with Gasteiger partial charge in [0.15, 0.2) is 11.6 Å². The van der Waals surface area contributed by atoms with E-state index in [4.69, 9.17) is 14.8 Å². The molecule has 98 valence electrons. The summed E-state index contributed by atoms with van der Waals surface area (Å²) in [5, 5.41) is 17.9. The van der Waals surface area contributed by atoms with Crippen LogP contribution in [-0.4, -0.2) is 22.2 Å². The fourth-order valence-corrected chi connectivity index (χ4v) is 1.48. The molecule has 1 heterocycles. The van der Waals surface area contributed by atoms with Crippen LogP contribution in [0.5, 0.6) is 5.75 Å². The normalized spacial score (nSPS) is 10.3. The van der Waals surface area contributed by atoms with Gasteiger partial charge >= 0.3 is 7.12 Å². The van der Waals surface area contributed by atoms with Crippen LogP contribution in [0, 0.1) is 11.6 Å². The lowest BCUT2D eigenvalue weighted by molar-refractivity contribution is 0.296. The summed E-state index contributed by atoms with van der Waals surface area (Å²) in [6.07, 6.45) is 2.60. The van der Waals surface area contributed by atoms with E-state index in [2.05, 4.69) is 4.98 Å². The van der Waals surface area contributed by atoms with Gasteiger partial charge in [-0.1, -0.05) is 12.1 Å². The fraction of sp³-hybridized carbons (Fsp3) is 0.0833. The molecule has 2 rings (SSSR count). The van der Waals surface area contributed by atoms with Crippen molar-refractivity contribution in [2.24, 2.45) is 0 Å². The molecule has 0 amide bonds. The van der Waals surface area contributed by atoms with Gasteiger partial charge in [0.05, 0.1) is 6.20 Å². The Kier molecular flexibility index (Phi) is 4.08. The summed E-state index contributed by atoms with van der Waals surface area (Å²) in [4.78, 5) is 3.75. The zero-order valence-electron chi connectivity index (χ0n) is 9.75. The van der Waals surface area contributed by atoms with Crippen molar-refractivity contribution in [3.8, 4) is 5.75 Å². The van der Waals surface area contributed by atoms with E-state index in [1.54, 1.807) is 0 Å². The summed E-state index contributed by atoms with van der Waals surface area (Å²) in [5.41, 5.74) is 0.215. The maximum Gasteiger partial charge on any atom is 0.490 e. The van der Waals surface area contributed by atoms with Crippen LogP contribution in [0.25, 0.3) is 0 Å². The fourth-order valence-electron chi connectivity index (χ4n) is 1.48. The number of ether oxygens (including phenoxy) is 1. The Labute approximate surface area is 108 Å². The highest BCUT2D eigenvalue weighted by Crippen LogP contribution is 2.14. The number of aromatic nitrogens is 1. The van der Waals surface area contributed by atoms with Gasteiger partial charge in [0, 0.05) is 17.2 Å². The first-order valence-corrected chi connectivity index (χ1v) is 5.44. The number of pyridine rings is 1. The van der Waals surface area contributed by atoms with Crippen LogP contribution >= 0.6 is 0 Å². The van der Waals surface area contributed by atoms with Crippen molar-refractivity contribution in [1.29, 1.82) is 0 Å². The lowest BCUT2D eigenvalue weighted by Gasteiger charge is -2.08. The Morgan fingerprint density at radius 2 is 2.00 bits per heavy atom. The molecule has 1 aromatic carbocycles. The highest BCUT2D eigenvalue weighted by atomic mass is 19.2.